The van der Waals surface area contributed by atoms with Crippen molar-refractivity contribution in [2.75, 3.05) is 6.54 Å². The number of hydrogen-bond donors (Lipinski definition) is 2. The van der Waals surface area contributed by atoms with Gasteiger partial charge >= 0.3 is 5.97 Å². The van der Waals surface area contributed by atoms with Crippen molar-refractivity contribution in [2.24, 2.45) is 5.92 Å². The van der Waals surface area contributed by atoms with Gasteiger partial charge in [-0.25, -0.2) is 0 Å². The van der Waals surface area contributed by atoms with Gasteiger partial charge in [-0.2, -0.15) is 5.21 Å². The van der Waals surface area contributed by atoms with E-state index in [-0.39, 0.29) is 11.9 Å². The van der Waals surface area contributed by atoms with Gasteiger partial charge in [0.1, 0.15) is 5.60 Å². The summed E-state index contributed by atoms with van der Waals surface area (Å²) in [5.74, 6) is -0.0851. The first-order valence-electron chi connectivity index (χ1n) is 6.78. The summed E-state index contributed by atoms with van der Waals surface area (Å²) in [6.07, 6.45) is 0. The third-order valence-corrected chi connectivity index (χ3v) is 3.77. The van der Waals surface area contributed by atoms with E-state index < -0.39 is 16.6 Å². The Bertz CT molecular complexity index is 491. The Morgan fingerprint density at radius 3 is 2.50 bits per heavy atom. The molecule has 2 N–H and O–H groups in total. The van der Waals surface area contributed by atoms with Gasteiger partial charge in [0.2, 0.25) is 0 Å². The van der Waals surface area contributed by atoms with Crippen LogP contribution in [0.2, 0.25) is 0 Å². The van der Waals surface area contributed by atoms with Crippen molar-refractivity contribution in [2.45, 2.75) is 58.1 Å². The fourth-order valence-corrected chi connectivity index (χ4v) is 2.94. The maximum atomic E-state index is 12.6. The van der Waals surface area contributed by atoms with Crippen LogP contribution in [-0.4, -0.2) is 44.3 Å². The Kier molecular flexibility index (Phi) is 3.36. The molecule has 0 saturated carbocycles. The summed E-state index contributed by atoms with van der Waals surface area (Å²) in [7, 11) is 0. The molecule has 7 nitrogen and oxygen atoms in total. The lowest BCUT2D eigenvalue weighted by Gasteiger charge is -2.34. The molecule has 2 rings (SSSR count). The van der Waals surface area contributed by atoms with Crippen LogP contribution in [0.1, 0.15) is 47.4 Å². The fourth-order valence-electron chi connectivity index (χ4n) is 2.94. The number of nitrogens with zero attached hydrogens (tertiary/aromatic N) is 3. The number of aromatic amines is 1. The van der Waals surface area contributed by atoms with Crippen molar-refractivity contribution in [3.8, 4) is 0 Å². The highest BCUT2D eigenvalue weighted by Crippen LogP contribution is 2.42. The van der Waals surface area contributed by atoms with E-state index in [1.807, 2.05) is 41.5 Å². The maximum Gasteiger partial charge on any atom is 0.312 e. The topological polar surface area (TPSA) is 92.8 Å². The summed E-state index contributed by atoms with van der Waals surface area (Å²) in [5.41, 5.74) is -1.45. The first-order valence-corrected chi connectivity index (χ1v) is 6.78. The van der Waals surface area contributed by atoms with Crippen LogP contribution in [0.25, 0.3) is 0 Å². The average molecular weight is 281 g/mol. The summed E-state index contributed by atoms with van der Waals surface area (Å²) in [4.78, 5) is 12.6. The van der Waals surface area contributed by atoms with E-state index in [2.05, 4.69) is 25.9 Å². The second kappa shape index (κ2) is 4.51. The highest BCUT2D eigenvalue weighted by atomic mass is 16.6. The van der Waals surface area contributed by atoms with Gasteiger partial charge < -0.3 is 10.1 Å². The first kappa shape index (κ1) is 14.9. The summed E-state index contributed by atoms with van der Waals surface area (Å²) in [6, 6.07) is 0. The molecule has 2 atom stereocenters. The van der Waals surface area contributed by atoms with Crippen LogP contribution in [0.3, 0.4) is 0 Å². The van der Waals surface area contributed by atoms with Gasteiger partial charge in [-0.1, -0.05) is 12.1 Å². The van der Waals surface area contributed by atoms with Gasteiger partial charge in [0.05, 0.1) is 11.3 Å². The van der Waals surface area contributed by atoms with E-state index in [9.17, 15) is 4.79 Å². The molecule has 112 valence electrons. The lowest BCUT2D eigenvalue weighted by molar-refractivity contribution is -0.163. The van der Waals surface area contributed by atoms with E-state index in [0.29, 0.717) is 12.4 Å². The van der Waals surface area contributed by atoms with Crippen LogP contribution in [0, 0.1) is 5.92 Å². The van der Waals surface area contributed by atoms with Gasteiger partial charge in [-0.15, -0.1) is 10.2 Å². The Morgan fingerprint density at radius 2 is 2.00 bits per heavy atom. The molecular weight excluding hydrogens is 258 g/mol. The molecule has 0 amide bonds. The second-order valence-corrected chi connectivity index (χ2v) is 7.19. The summed E-state index contributed by atoms with van der Waals surface area (Å²) in [5, 5.41) is 17.6. The number of carbonyl (C=O) groups is 1. The Morgan fingerprint density at radius 1 is 1.35 bits per heavy atom. The molecule has 7 heteroatoms. The van der Waals surface area contributed by atoms with E-state index in [0.717, 1.165) is 0 Å². The zero-order valence-corrected chi connectivity index (χ0v) is 12.9. The Balaban J connectivity index is 2.37. The van der Waals surface area contributed by atoms with Crippen molar-refractivity contribution in [1.29, 1.82) is 0 Å². The minimum atomic E-state index is -0.543. The second-order valence-electron chi connectivity index (χ2n) is 7.19. The molecule has 1 aliphatic heterocycles. The summed E-state index contributed by atoms with van der Waals surface area (Å²) >= 11 is 0. The Labute approximate surface area is 118 Å². The standard InChI is InChI=1S/C13H23N5O2/c1-11(2,3)20-9(19)8-12(4,5)14-7-13(8,6)10-15-17-18-16-10/h8,14H,7H2,1-6H3,(H,15,16,17,18). The number of ether oxygens (including phenoxy) is 1. The predicted octanol–water partition coefficient (Wildman–Crippen LogP) is 0.797. The van der Waals surface area contributed by atoms with E-state index in [1.54, 1.807) is 0 Å². The minimum Gasteiger partial charge on any atom is -0.460 e. The molecular formula is C13H23N5O2. The van der Waals surface area contributed by atoms with Crippen molar-refractivity contribution in [3.05, 3.63) is 5.82 Å². The zero-order valence-electron chi connectivity index (χ0n) is 12.9. The molecule has 2 heterocycles. The van der Waals surface area contributed by atoms with Crippen molar-refractivity contribution in [3.63, 3.8) is 0 Å². The fraction of sp³-hybridized carbons (Fsp3) is 0.846. The molecule has 2 unspecified atom stereocenters. The molecule has 1 aromatic rings. The number of esters is 1. The van der Waals surface area contributed by atoms with E-state index >= 15 is 0 Å². The van der Waals surface area contributed by atoms with E-state index in [1.165, 1.54) is 0 Å². The number of carbonyl (C=O) groups excluding carboxylic acids is 1. The number of aromatic nitrogens is 4. The number of tetrazole rings is 1. The monoisotopic (exact) mass is 281 g/mol. The number of hydrogen-bond acceptors (Lipinski definition) is 6. The highest BCUT2D eigenvalue weighted by Gasteiger charge is 2.57. The third-order valence-electron chi connectivity index (χ3n) is 3.77. The lowest BCUT2D eigenvalue weighted by Crippen LogP contribution is -2.48. The minimum absolute atomic E-state index is 0.236. The maximum absolute atomic E-state index is 12.6. The molecule has 0 bridgehead atoms. The SMILES string of the molecule is CC(C)(C)OC(=O)C1C(C)(C)NCC1(C)c1nn[nH]n1. The van der Waals surface area contributed by atoms with Gasteiger partial charge in [-0.3, -0.25) is 4.79 Å². The summed E-state index contributed by atoms with van der Waals surface area (Å²) < 4.78 is 5.59. The number of rotatable bonds is 2. The van der Waals surface area contributed by atoms with Crippen LogP contribution in [0.5, 0.6) is 0 Å². The third kappa shape index (κ3) is 2.54. The van der Waals surface area contributed by atoms with Crippen LogP contribution < -0.4 is 5.32 Å². The molecule has 1 saturated heterocycles. The molecule has 20 heavy (non-hydrogen) atoms. The van der Waals surface area contributed by atoms with Crippen molar-refractivity contribution in [1.82, 2.24) is 25.9 Å². The molecule has 0 spiro atoms. The quantitative estimate of drug-likeness (QED) is 0.779. The van der Waals surface area contributed by atoms with Crippen LogP contribution in [-0.2, 0) is 14.9 Å². The smallest absolute Gasteiger partial charge is 0.312 e. The van der Waals surface area contributed by atoms with Crippen LogP contribution in [0.15, 0.2) is 0 Å². The molecule has 0 radical (unpaired) electrons. The molecule has 1 fully saturated rings. The van der Waals surface area contributed by atoms with E-state index in [4.69, 9.17) is 4.74 Å². The first-order chi connectivity index (χ1) is 9.06. The predicted molar refractivity (Wildman–Crippen MR) is 72.9 cm³/mol. The number of H-pyrrole nitrogens is 1. The highest BCUT2D eigenvalue weighted by molar-refractivity contribution is 5.77. The van der Waals surface area contributed by atoms with Gasteiger partial charge in [0, 0.05) is 12.1 Å². The molecule has 0 aliphatic carbocycles. The zero-order chi connectivity index (χ0) is 15.2. The molecule has 0 aromatic carbocycles. The van der Waals surface area contributed by atoms with Crippen LogP contribution >= 0.6 is 0 Å². The van der Waals surface area contributed by atoms with Gasteiger partial charge in [-0.05, 0) is 34.6 Å². The van der Waals surface area contributed by atoms with Crippen LogP contribution in [0.4, 0.5) is 0 Å². The van der Waals surface area contributed by atoms with Crippen molar-refractivity contribution < 1.29 is 9.53 Å². The van der Waals surface area contributed by atoms with Crippen molar-refractivity contribution >= 4 is 5.97 Å². The van der Waals surface area contributed by atoms with Gasteiger partial charge in [0.25, 0.3) is 0 Å². The molecule has 1 aromatic heterocycles. The largest absolute Gasteiger partial charge is 0.460 e. The summed E-state index contributed by atoms with van der Waals surface area (Å²) in [6.45, 7) is 12.2. The Hall–Kier alpha value is -1.50. The van der Waals surface area contributed by atoms with Gasteiger partial charge in [0.15, 0.2) is 5.82 Å². The lowest BCUT2D eigenvalue weighted by atomic mass is 9.72. The molecule has 1 aliphatic rings. The number of nitrogens with one attached hydrogen (secondary N) is 2. The normalized spacial score (nSPS) is 29.4. The average Bonchev–Trinajstić information content (AvgIpc) is 2.83.